The van der Waals surface area contributed by atoms with E-state index in [0.717, 1.165) is 55.6 Å². The maximum Gasteiger partial charge on any atom is 0.415 e. The van der Waals surface area contributed by atoms with Crippen molar-refractivity contribution in [1.29, 1.82) is 0 Å². The van der Waals surface area contributed by atoms with Gasteiger partial charge < -0.3 is 28.7 Å². The van der Waals surface area contributed by atoms with E-state index in [0.29, 0.717) is 48.9 Å². The van der Waals surface area contributed by atoms with Crippen LogP contribution < -0.4 is 9.47 Å². The minimum Gasteiger partial charge on any atom is -0.462 e. The van der Waals surface area contributed by atoms with Gasteiger partial charge >= 0.3 is 24.1 Å². The lowest BCUT2D eigenvalue weighted by atomic mass is 10.0. The van der Waals surface area contributed by atoms with Crippen LogP contribution in [0.25, 0.3) is 44.5 Å². The van der Waals surface area contributed by atoms with Crippen molar-refractivity contribution in [2.45, 2.75) is 26.9 Å². The van der Waals surface area contributed by atoms with Gasteiger partial charge in [-0.1, -0.05) is 84.9 Å². The Morgan fingerprint density at radius 2 is 0.714 bits per heavy atom. The average Bonchev–Trinajstić information content (AvgIpc) is 3.40. The van der Waals surface area contributed by atoms with Gasteiger partial charge in [-0.05, 0) is 154 Å². The SMILES string of the molecule is CCOC(=O)c1ccc(-c2ccc(OC(=O)N(C)Cc3cccc(-c4ccncc4)c3)cc2)cc1.CCOC(=O)c1ccc(-c2ccc(OC(=O)N(C)Cc3cccc(-c4ccncc4)c3)cc2)cc1. The number of ether oxygens (including phenoxy) is 4. The Kier molecular flexibility index (Phi) is 17.0. The molecule has 0 aliphatic rings. The molecule has 0 aliphatic heterocycles. The lowest BCUT2D eigenvalue weighted by Gasteiger charge is -2.17. The first-order chi connectivity index (χ1) is 34.1. The molecule has 0 N–H and O–H groups in total. The second kappa shape index (κ2) is 24.2. The molecule has 0 radical (unpaired) electrons. The lowest BCUT2D eigenvalue weighted by molar-refractivity contribution is 0.0517. The molecule has 0 atom stereocenters. The molecule has 0 saturated carbocycles. The number of benzene rings is 6. The number of rotatable bonds is 14. The lowest BCUT2D eigenvalue weighted by Crippen LogP contribution is -2.29. The Hall–Kier alpha value is -8.90. The summed E-state index contributed by atoms with van der Waals surface area (Å²) in [6.45, 7) is 5.08. The predicted octanol–water partition coefficient (Wildman–Crippen LogP) is 12.4. The molecule has 2 heterocycles. The molecule has 0 aliphatic carbocycles. The summed E-state index contributed by atoms with van der Waals surface area (Å²) in [6.07, 6.45) is 6.16. The molecule has 0 spiro atoms. The average molecular weight is 933 g/mol. The van der Waals surface area contributed by atoms with E-state index in [9.17, 15) is 19.2 Å². The van der Waals surface area contributed by atoms with Crippen LogP contribution in [0.5, 0.6) is 11.5 Å². The van der Waals surface area contributed by atoms with E-state index in [1.807, 2.05) is 109 Å². The topological polar surface area (TPSA) is 137 Å². The molecule has 8 rings (SSSR count). The molecular formula is C58H52N4O8. The van der Waals surface area contributed by atoms with E-state index in [4.69, 9.17) is 18.9 Å². The number of amides is 2. The van der Waals surface area contributed by atoms with Crippen LogP contribution in [0.2, 0.25) is 0 Å². The third-order valence-corrected chi connectivity index (χ3v) is 10.9. The predicted molar refractivity (Wildman–Crippen MR) is 270 cm³/mol. The number of hydrogen-bond donors (Lipinski definition) is 0. The largest absolute Gasteiger partial charge is 0.462 e. The van der Waals surface area contributed by atoms with Gasteiger partial charge in [-0.25, -0.2) is 19.2 Å². The smallest absolute Gasteiger partial charge is 0.415 e. The molecular weight excluding hydrogens is 881 g/mol. The summed E-state index contributed by atoms with van der Waals surface area (Å²) in [7, 11) is 3.42. The molecule has 0 fully saturated rings. The number of carbonyl (C=O) groups excluding carboxylic acids is 4. The quantitative estimate of drug-likeness (QED) is 0.0969. The monoisotopic (exact) mass is 932 g/mol. The van der Waals surface area contributed by atoms with Crippen molar-refractivity contribution in [2.75, 3.05) is 27.3 Å². The Morgan fingerprint density at radius 1 is 0.400 bits per heavy atom. The highest BCUT2D eigenvalue weighted by molar-refractivity contribution is 5.90. The van der Waals surface area contributed by atoms with E-state index in [1.54, 1.807) is 101 Å². The first-order valence-electron chi connectivity index (χ1n) is 22.7. The second-order valence-electron chi connectivity index (χ2n) is 16.0. The summed E-state index contributed by atoms with van der Waals surface area (Å²) in [5.74, 6) is 0.239. The first kappa shape index (κ1) is 49.0. The van der Waals surface area contributed by atoms with Crippen LogP contribution in [0, 0.1) is 0 Å². The first-order valence-corrected chi connectivity index (χ1v) is 22.7. The molecule has 0 bridgehead atoms. The molecule has 8 aromatic rings. The second-order valence-corrected chi connectivity index (χ2v) is 16.0. The van der Waals surface area contributed by atoms with Crippen LogP contribution in [-0.2, 0) is 22.6 Å². The molecule has 70 heavy (non-hydrogen) atoms. The summed E-state index contributed by atoms with van der Waals surface area (Å²) < 4.78 is 21.1. The van der Waals surface area contributed by atoms with Crippen molar-refractivity contribution < 1.29 is 38.1 Å². The minimum atomic E-state index is -0.439. The number of pyridine rings is 2. The Balaban J connectivity index is 0.000000206. The third kappa shape index (κ3) is 13.6. The highest BCUT2D eigenvalue weighted by Crippen LogP contribution is 2.27. The van der Waals surface area contributed by atoms with Crippen molar-refractivity contribution in [2.24, 2.45) is 0 Å². The zero-order valence-electron chi connectivity index (χ0n) is 39.4. The number of aromatic nitrogens is 2. The number of esters is 2. The molecule has 352 valence electrons. The molecule has 12 nitrogen and oxygen atoms in total. The van der Waals surface area contributed by atoms with E-state index in [1.165, 1.54) is 9.80 Å². The van der Waals surface area contributed by atoms with Crippen molar-refractivity contribution in [1.82, 2.24) is 19.8 Å². The molecule has 0 saturated heterocycles. The van der Waals surface area contributed by atoms with Gasteiger partial charge in [0, 0.05) is 52.0 Å². The molecule has 2 aromatic heterocycles. The zero-order valence-corrected chi connectivity index (χ0v) is 39.4. The van der Waals surface area contributed by atoms with E-state index < -0.39 is 12.2 Å². The van der Waals surface area contributed by atoms with E-state index in [2.05, 4.69) is 22.1 Å². The third-order valence-electron chi connectivity index (χ3n) is 10.9. The van der Waals surface area contributed by atoms with Gasteiger partial charge in [0.05, 0.1) is 24.3 Å². The van der Waals surface area contributed by atoms with Crippen molar-refractivity contribution >= 4 is 24.1 Å². The van der Waals surface area contributed by atoms with Gasteiger partial charge in [-0.15, -0.1) is 0 Å². The molecule has 6 aromatic carbocycles. The summed E-state index contributed by atoms with van der Waals surface area (Å²) >= 11 is 0. The van der Waals surface area contributed by atoms with Gasteiger partial charge in [-0.3, -0.25) is 9.97 Å². The van der Waals surface area contributed by atoms with Crippen LogP contribution in [0.3, 0.4) is 0 Å². The Morgan fingerprint density at radius 3 is 1.04 bits per heavy atom. The van der Waals surface area contributed by atoms with Gasteiger partial charge in [0.2, 0.25) is 0 Å². The van der Waals surface area contributed by atoms with E-state index >= 15 is 0 Å². The molecule has 2 amide bonds. The highest BCUT2D eigenvalue weighted by atomic mass is 16.6. The fraction of sp³-hybridized carbons (Fsp3) is 0.138. The maximum absolute atomic E-state index is 12.6. The highest BCUT2D eigenvalue weighted by Gasteiger charge is 2.15. The summed E-state index contributed by atoms with van der Waals surface area (Å²) in [5.41, 5.74) is 11.1. The Bertz CT molecular complexity index is 2780. The fourth-order valence-corrected chi connectivity index (χ4v) is 7.28. The zero-order chi connectivity index (χ0) is 49.2. The number of carbonyl (C=O) groups is 4. The standard InChI is InChI=1S/2C29H26N2O4/c2*1-3-34-28(32)25-9-7-22(8-10-25)23-11-13-27(14-12-23)35-29(33)31(2)20-21-5-4-6-26(19-21)24-15-17-30-18-16-24/h2*4-19H,3,20H2,1-2H3. The van der Waals surface area contributed by atoms with Crippen LogP contribution in [-0.4, -0.2) is 71.2 Å². The van der Waals surface area contributed by atoms with Gasteiger partial charge in [0.25, 0.3) is 0 Å². The van der Waals surface area contributed by atoms with Gasteiger partial charge in [0.1, 0.15) is 11.5 Å². The van der Waals surface area contributed by atoms with Crippen molar-refractivity contribution in [3.63, 3.8) is 0 Å². The summed E-state index contributed by atoms with van der Waals surface area (Å²) in [4.78, 5) is 60.1. The van der Waals surface area contributed by atoms with Crippen molar-refractivity contribution in [3.05, 3.63) is 217 Å². The maximum atomic E-state index is 12.6. The minimum absolute atomic E-state index is 0.338. The summed E-state index contributed by atoms with van der Waals surface area (Å²) in [6, 6.07) is 52.8. The number of hydrogen-bond acceptors (Lipinski definition) is 10. The van der Waals surface area contributed by atoms with Crippen molar-refractivity contribution in [3.8, 4) is 56.0 Å². The molecule has 12 heteroatoms. The van der Waals surface area contributed by atoms with Gasteiger partial charge in [-0.2, -0.15) is 0 Å². The normalized spacial score (nSPS) is 10.5. The van der Waals surface area contributed by atoms with Crippen LogP contribution in [0.15, 0.2) is 195 Å². The van der Waals surface area contributed by atoms with Crippen LogP contribution in [0.4, 0.5) is 9.59 Å². The Labute approximate surface area is 407 Å². The van der Waals surface area contributed by atoms with Crippen LogP contribution in [0.1, 0.15) is 45.7 Å². The molecule has 0 unspecified atom stereocenters. The fourth-order valence-electron chi connectivity index (χ4n) is 7.28. The van der Waals surface area contributed by atoms with Crippen LogP contribution >= 0.6 is 0 Å². The summed E-state index contributed by atoms with van der Waals surface area (Å²) in [5, 5.41) is 0. The van der Waals surface area contributed by atoms with Gasteiger partial charge in [0.15, 0.2) is 0 Å². The van der Waals surface area contributed by atoms with E-state index in [-0.39, 0.29) is 11.9 Å². The number of nitrogens with zero attached hydrogens (tertiary/aromatic N) is 4.